The number of hydrogen-bond acceptors (Lipinski definition) is 3. The quantitative estimate of drug-likeness (QED) is 0.483. The minimum atomic E-state index is -4.45. The summed E-state index contributed by atoms with van der Waals surface area (Å²) < 4.78 is 37.0. The third kappa shape index (κ3) is 7.37. The van der Waals surface area contributed by atoms with Crippen LogP contribution in [-0.2, 0) is 12.5 Å². The molecule has 120 valence electrons. The zero-order valence-corrected chi connectivity index (χ0v) is 15.6. The van der Waals surface area contributed by atoms with E-state index in [4.69, 9.17) is 7.94 Å². The molecule has 0 N–H and O–H groups in total. The molecule has 0 fully saturated rings. The molecule has 0 radical (unpaired) electrons. The smallest absolute Gasteiger partial charge is 0.234 e. The minimum absolute atomic E-state index is 0.698. The summed E-state index contributed by atoms with van der Waals surface area (Å²) in [6.07, 6.45) is 5.55. The van der Waals surface area contributed by atoms with Gasteiger partial charge >= 0.3 is 7.91 Å². The van der Waals surface area contributed by atoms with Crippen LogP contribution in [0.2, 0.25) is 0 Å². The third-order valence-electron chi connectivity index (χ3n) is 3.03. The fourth-order valence-corrected chi connectivity index (χ4v) is 9.28. The van der Waals surface area contributed by atoms with Gasteiger partial charge in [-0.05, 0) is 48.4 Å². The Labute approximate surface area is 121 Å². The lowest BCUT2D eigenvalue weighted by Crippen LogP contribution is -2.12. The molecule has 19 heavy (non-hydrogen) atoms. The Morgan fingerprint density at radius 3 is 1.42 bits per heavy atom. The van der Waals surface area contributed by atoms with Gasteiger partial charge in [-0.1, -0.05) is 27.7 Å². The van der Waals surface area contributed by atoms with Crippen LogP contribution in [0.25, 0.3) is 0 Å². The molecular formula is C12H30FO3PS2. The third-order valence-corrected chi connectivity index (χ3v) is 12.3. The van der Waals surface area contributed by atoms with Crippen molar-refractivity contribution in [1.82, 2.24) is 0 Å². The topological polar surface area (TPSA) is 35.5 Å². The molecule has 0 rings (SSSR count). The van der Waals surface area contributed by atoms with Gasteiger partial charge in [-0.2, -0.15) is 0 Å². The van der Waals surface area contributed by atoms with Crippen molar-refractivity contribution in [3.63, 3.8) is 0 Å². The number of halogens is 1. The standard InChI is InChI=1S/C12H30FO3PS2/c1-7-11-18(5,9-3)15-17(13,14)16-19(6,10-4)12-8-2/h7-12H2,1-6H3. The van der Waals surface area contributed by atoms with Gasteiger partial charge in [0.2, 0.25) is 0 Å². The van der Waals surface area contributed by atoms with Crippen molar-refractivity contribution < 1.29 is 16.7 Å². The van der Waals surface area contributed by atoms with E-state index in [1.54, 1.807) is 0 Å². The first kappa shape index (κ1) is 19.8. The van der Waals surface area contributed by atoms with Gasteiger partial charge < -0.3 is 0 Å². The SMILES string of the molecule is CCCS(C)(CC)OP(=O)(F)OS(C)(CC)CCC. The van der Waals surface area contributed by atoms with Crippen molar-refractivity contribution >= 4 is 28.5 Å². The highest BCUT2D eigenvalue weighted by molar-refractivity contribution is 8.33. The van der Waals surface area contributed by atoms with E-state index in [1.165, 1.54) is 0 Å². The zero-order valence-electron chi connectivity index (χ0n) is 13.1. The molecular weight excluding hydrogens is 306 g/mol. The van der Waals surface area contributed by atoms with E-state index in [2.05, 4.69) is 0 Å². The molecule has 0 spiro atoms. The molecule has 0 aromatic rings. The largest absolute Gasteiger partial charge is 0.532 e. The Morgan fingerprint density at radius 1 is 0.895 bits per heavy atom. The van der Waals surface area contributed by atoms with E-state index < -0.39 is 28.5 Å². The van der Waals surface area contributed by atoms with Crippen molar-refractivity contribution in [2.45, 2.75) is 40.5 Å². The molecule has 0 aromatic heterocycles. The Bertz CT molecular complexity index is 293. The molecule has 0 heterocycles. The van der Waals surface area contributed by atoms with Gasteiger partial charge in [-0.25, -0.2) is 12.5 Å². The number of hydrogen-bond donors (Lipinski definition) is 0. The van der Waals surface area contributed by atoms with E-state index >= 15 is 0 Å². The Balaban J connectivity index is 4.83. The lowest BCUT2D eigenvalue weighted by atomic mass is 10.6. The van der Waals surface area contributed by atoms with Crippen LogP contribution in [-0.4, -0.2) is 35.5 Å². The molecule has 2 atom stereocenters. The second-order valence-corrected chi connectivity index (χ2v) is 13.7. The number of rotatable bonds is 10. The predicted molar refractivity (Wildman–Crippen MR) is 89.3 cm³/mol. The van der Waals surface area contributed by atoms with E-state index in [0.29, 0.717) is 11.5 Å². The summed E-state index contributed by atoms with van der Waals surface area (Å²) in [7, 11) is -7.71. The lowest BCUT2D eigenvalue weighted by Gasteiger charge is -2.39. The highest BCUT2D eigenvalue weighted by Crippen LogP contribution is 2.70. The Kier molecular flexibility index (Phi) is 8.62. The van der Waals surface area contributed by atoms with E-state index in [9.17, 15) is 8.76 Å². The zero-order chi connectivity index (χ0) is 15.2. The first-order chi connectivity index (χ1) is 8.66. The van der Waals surface area contributed by atoms with Crippen LogP contribution in [0.5, 0.6) is 0 Å². The van der Waals surface area contributed by atoms with Crippen LogP contribution in [0, 0.1) is 0 Å². The summed E-state index contributed by atoms with van der Waals surface area (Å²) in [6, 6.07) is 0. The Hall–Kier alpha value is 0.780. The van der Waals surface area contributed by atoms with Gasteiger partial charge in [-0.15, -0.1) is 24.8 Å². The molecule has 0 saturated heterocycles. The van der Waals surface area contributed by atoms with E-state index in [1.807, 2.05) is 40.2 Å². The van der Waals surface area contributed by atoms with Crippen molar-refractivity contribution in [2.24, 2.45) is 0 Å². The minimum Gasteiger partial charge on any atom is -0.234 e. The van der Waals surface area contributed by atoms with Gasteiger partial charge in [0.25, 0.3) is 0 Å². The molecule has 0 saturated carbocycles. The fourth-order valence-electron chi connectivity index (χ4n) is 1.77. The highest BCUT2D eigenvalue weighted by atomic mass is 32.3. The van der Waals surface area contributed by atoms with Crippen LogP contribution in [0.15, 0.2) is 0 Å². The maximum absolute atomic E-state index is 14.3. The summed E-state index contributed by atoms with van der Waals surface area (Å²) in [4.78, 5) is 0. The summed E-state index contributed by atoms with van der Waals surface area (Å²) in [5, 5.41) is 0. The van der Waals surface area contributed by atoms with Gasteiger partial charge in [-0.3, -0.25) is 0 Å². The van der Waals surface area contributed by atoms with Crippen molar-refractivity contribution in [3.8, 4) is 0 Å². The van der Waals surface area contributed by atoms with E-state index in [0.717, 1.165) is 24.3 Å². The molecule has 0 bridgehead atoms. The lowest BCUT2D eigenvalue weighted by molar-refractivity contribution is 0.367. The monoisotopic (exact) mass is 336 g/mol. The normalized spacial score (nSPS) is 24.8. The van der Waals surface area contributed by atoms with Crippen molar-refractivity contribution in [1.29, 1.82) is 0 Å². The highest BCUT2D eigenvalue weighted by Gasteiger charge is 2.37. The van der Waals surface area contributed by atoms with E-state index in [-0.39, 0.29) is 0 Å². The first-order valence-corrected chi connectivity index (χ1v) is 12.9. The molecule has 7 heteroatoms. The average Bonchev–Trinajstić information content (AvgIpc) is 2.28. The Morgan fingerprint density at radius 2 is 1.21 bits per heavy atom. The maximum Gasteiger partial charge on any atom is 0.532 e. The van der Waals surface area contributed by atoms with Crippen LogP contribution in [0.3, 0.4) is 0 Å². The molecule has 2 unspecified atom stereocenters. The first-order valence-electron chi connectivity index (χ1n) is 6.85. The summed E-state index contributed by atoms with van der Waals surface area (Å²) in [5.41, 5.74) is 0. The van der Waals surface area contributed by atoms with Gasteiger partial charge in [0.1, 0.15) is 0 Å². The molecule has 0 aliphatic carbocycles. The molecule has 0 amide bonds. The molecule has 0 aliphatic rings. The van der Waals surface area contributed by atoms with Crippen LogP contribution < -0.4 is 0 Å². The van der Waals surface area contributed by atoms with Crippen molar-refractivity contribution in [2.75, 3.05) is 35.5 Å². The van der Waals surface area contributed by atoms with Crippen LogP contribution in [0.4, 0.5) is 4.20 Å². The summed E-state index contributed by atoms with van der Waals surface area (Å²) >= 11 is 0. The van der Waals surface area contributed by atoms with Gasteiger partial charge in [0.15, 0.2) is 0 Å². The molecule has 3 nitrogen and oxygen atoms in total. The van der Waals surface area contributed by atoms with Crippen molar-refractivity contribution in [3.05, 3.63) is 0 Å². The fraction of sp³-hybridized carbons (Fsp3) is 1.00. The average molecular weight is 336 g/mol. The van der Waals surface area contributed by atoms with Crippen LogP contribution in [0.1, 0.15) is 40.5 Å². The van der Waals surface area contributed by atoms with Gasteiger partial charge in [0, 0.05) is 0 Å². The summed E-state index contributed by atoms with van der Waals surface area (Å²) in [6.45, 7) is 7.94. The second kappa shape index (κ2) is 8.28. The van der Waals surface area contributed by atoms with Gasteiger partial charge in [0.05, 0.1) is 0 Å². The maximum atomic E-state index is 14.3. The predicted octanol–water partition coefficient (Wildman–Crippen LogP) is 5.66. The molecule has 0 aromatic carbocycles. The molecule has 0 aliphatic heterocycles. The van der Waals surface area contributed by atoms with Crippen LogP contribution >= 0.6 is 28.5 Å². The second-order valence-electron chi connectivity index (χ2n) is 4.93. The summed E-state index contributed by atoms with van der Waals surface area (Å²) in [5.74, 6) is 2.91.